The molecule has 1 atom stereocenters. The highest BCUT2D eigenvalue weighted by Gasteiger charge is 2.02. The molecule has 0 aliphatic rings. The summed E-state index contributed by atoms with van der Waals surface area (Å²) in [6.45, 7) is 4.32. The largest absolute Gasteiger partial charge is 0.317 e. The standard InChI is InChI=1S/C10H23NO/c1-3-5-6-7-8-9-10(4-2)11-12/h10-12H,3-9H2,1-2H3/t10-/m1/s1. The fourth-order valence-electron chi connectivity index (χ4n) is 1.35. The van der Waals surface area contributed by atoms with E-state index in [1.165, 1.54) is 32.1 Å². The van der Waals surface area contributed by atoms with Crippen molar-refractivity contribution in [2.75, 3.05) is 0 Å². The van der Waals surface area contributed by atoms with Gasteiger partial charge in [-0.3, -0.25) is 0 Å². The van der Waals surface area contributed by atoms with E-state index >= 15 is 0 Å². The second kappa shape index (κ2) is 9.01. The van der Waals surface area contributed by atoms with Gasteiger partial charge in [-0.1, -0.05) is 46.0 Å². The van der Waals surface area contributed by atoms with Crippen LogP contribution in [0, 0.1) is 0 Å². The molecular formula is C10H23NO. The first-order valence-electron chi connectivity index (χ1n) is 5.24. The zero-order chi connectivity index (χ0) is 9.23. The van der Waals surface area contributed by atoms with Crippen molar-refractivity contribution in [1.82, 2.24) is 5.48 Å². The average molecular weight is 173 g/mol. The Labute approximate surface area is 76.3 Å². The smallest absolute Gasteiger partial charge is 0.0317 e. The van der Waals surface area contributed by atoms with Crippen LogP contribution in [0.5, 0.6) is 0 Å². The van der Waals surface area contributed by atoms with Crippen molar-refractivity contribution in [3.8, 4) is 0 Å². The molecule has 0 aromatic heterocycles. The summed E-state index contributed by atoms with van der Waals surface area (Å²) in [6, 6.07) is 0.312. The van der Waals surface area contributed by atoms with Crippen LogP contribution in [0.2, 0.25) is 0 Å². The van der Waals surface area contributed by atoms with Crippen LogP contribution in [-0.4, -0.2) is 11.2 Å². The molecule has 0 rings (SSSR count). The van der Waals surface area contributed by atoms with Gasteiger partial charge in [0.15, 0.2) is 0 Å². The molecule has 0 aromatic rings. The zero-order valence-electron chi connectivity index (χ0n) is 8.47. The number of hydroxylamine groups is 1. The molecule has 0 fully saturated rings. The van der Waals surface area contributed by atoms with Crippen molar-refractivity contribution >= 4 is 0 Å². The van der Waals surface area contributed by atoms with Crippen LogP contribution in [0.4, 0.5) is 0 Å². The summed E-state index contributed by atoms with van der Waals surface area (Å²) >= 11 is 0. The second-order valence-electron chi connectivity index (χ2n) is 3.44. The lowest BCUT2D eigenvalue weighted by Gasteiger charge is -2.11. The topological polar surface area (TPSA) is 32.3 Å². The molecule has 0 aliphatic heterocycles. The first-order valence-corrected chi connectivity index (χ1v) is 5.24. The maximum absolute atomic E-state index is 8.68. The number of nitrogens with one attached hydrogen (secondary N) is 1. The van der Waals surface area contributed by atoms with Crippen molar-refractivity contribution < 1.29 is 5.21 Å². The predicted octanol–water partition coefficient (Wildman–Crippen LogP) is 3.10. The van der Waals surface area contributed by atoms with E-state index in [2.05, 4.69) is 19.3 Å². The van der Waals surface area contributed by atoms with E-state index < -0.39 is 0 Å². The third kappa shape index (κ3) is 6.62. The Kier molecular flexibility index (Phi) is 8.95. The molecule has 0 bridgehead atoms. The minimum Gasteiger partial charge on any atom is -0.317 e. The molecule has 0 radical (unpaired) electrons. The van der Waals surface area contributed by atoms with E-state index in [4.69, 9.17) is 5.21 Å². The number of hydrogen-bond donors (Lipinski definition) is 2. The molecule has 0 amide bonds. The number of unbranched alkanes of at least 4 members (excludes halogenated alkanes) is 4. The maximum atomic E-state index is 8.68. The van der Waals surface area contributed by atoms with Gasteiger partial charge >= 0.3 is 0 Å². The zero-order valence-corrected chi connectivity index (χ0v) is 8.47. The van der Waals surface area contributed by atoms with Crippen molar-refractivity contribution in [1.29, 1.82) is 0 Å². The minimum absolute atomic E-state index is 0.312. The van der Waals surface area contributed by atoms with Gasteiger partial charge in [-0.05, 0) is 12.8 Å². The van der Waals surface area contributed by atoms with Crippen LogP contribution < -0.4 is 5.48 Å². The lowest BCUT2D eigenvalue weighted by atomic mass is 10.1. The number of hydrogen-bond acceptors (Lipinski definition) is 2. The quantitative estimate of drug-likeness (QED) is 0.436. The Morgan fingerprint density at radius 1 is 1.08 bits per heavy atom. The van der Waals surface area contributed by atoms with Crippen LogP contribution in [-0.2, 0) is 0 Å². The van der Waals surface area contributed by atoms with E-state index in [1.807, 2.05) is 0 Å². The normalized spacial score (nSPS) is 13.2. The summed E-state index contributed by atoms with van der Waals surface area (Å²) in [5.74, 6) is 0. The van der Waals surface area contributed by atoms with Crippen molar-refractivity contribution in [3.63, 3.8) is 0 Å². The van der Waals surface area contributed by atoms with Crippen LogP contribution in [0.15, 0.2) is 0 Å². The van der Waals surface area contributed by atoms with Crippen LogP contribution >= 0.6 is 0 Å². The summed E-state index contributed by atoms with van der Waals surface area (Å²) in [4.78, 5) is 0. The molecule has 0 saturated heterocycles. The molecule has 2 heteroatoms. The Morgan fingerprint density at radius 2 is 1.75 bits per heavy atom. The summed E-state index contributed by atoms with van der Waals surface area (Å²) < 4.78 is 0. The van der Waals surface area contributed by atoms with Gasteiger partial charge in [0.2, 0.25) is 0 Å². The molecule has 2 N–H and O–H groups in total. The van der Waals surface area contributed by atoms with Gasteiger partial charge in [0, 0.05) is 6.04 Å². The summed E-state index contributed by atoms with van der Waals surface area (Å²) in [5, 5.41) is 8.68. The molecule has 12 heavy (non-hydrogen) atoms. The van der Waals surface area contributed by atoms with Crippen molar-refractivity contribution in [2.24, 2.45) is 0 Å². The van der Waals surface area contributed by atoms with Gasteiger partial charge in [-0.15, -0.1) is 0 Å². The monoisotopic (exact) mass is 173 g/mol. The Hall–Kier alpha value is -0.0800. The lowest BCUT2D eigenvalue weighted by molar-refractivity contribution is 0.118. The molecule has 0 saturated carbocycles. The third-order valence-electron chi connectivity index (χ3n) is 2.33. The maximum Gasteiger partial charge on any atom is 0.0317 e. The van der Waals surface area contributed by atoms with Gasteiger partial charge in [-0.25, -0.2) is 5.48 Å². The molecule has 0 unspecified atom stereocenters. The Morgan fingerprint density at radius 3 is 2.25 bits per heavy atom. The molecule has 2 nitrogen and oxygen atoms in total. The van der Waals surface area contributed by atoms with E-state index in [1.54, 1.807) is 0 Å². The second-order valence-corrected chi connectivity index (χ2v) is 3.44. The number of rotatable bonds is 8. The summed E-state index contributed by atoms with van der Waals surface area (Å²) in [6.07, 6.45) is 8.68. The molecule has 0 aliphatic carbocycles. The average Bonchev–Trinajstić information content (AvgIpc) is 2.11. The molecule has 0 heterocycles. The third-order valence-corrected chi connectivity index (χ3v) is 2.33. The SMILES string of the molecule is CCCCCCC[C@@H](CC)NO. The van der Waals surface area contributed by atoms with Crippen LogP contribution in [0.25, 0.3) is 0 Å². The molecule has 0 spiro atoms. The first-order chi connectivity index (χ1) is 5.85. The predicted molar refractivity (Wildman–Crippen MR) is 52.4 cm³/mol. The Bertz CT molecular complexity index is 81.9. The van der Waals surface area contributed by atoms with Crippen LogP contribution in [0.1, 0.15) is 58.8 Å². The van der Waals surface area contributed by atoms with Crippen LogP contribution in [0.3, 0.4) is 0 Å². The first kappa shape index (κ1) is 11.9. The lowest BCUT2D eigenvalue weighted by Crippen LogP contribution is -2.24. The highest BCUT2D eigenvalue weighted by molar-refractivity contribution is 4.58. The molecule has 0 aromatic carbocycles. The van der Waals surface area contributed by atoms with Gasteiger partial charge < -0.3 is 5.21 Å². The van der Waals surface area contributed by atoms with E-state index in [0.29, 0.717) is 6.04 Å². The van der Waals surface area contributed by atoms with Gasteiger partial charge in [0.1, 0.15) is 0 Å². The van der Waals surface area contributed by atoms with Gasteiger partial charge in [0.05, 0.1) is 0 Å². The van der Waals surface area contributed by atoms with E-state index in [0.717, 1.165) is 12.8 Å². The van der Waals surface area contributed by atoms with E-state index in [9.17, 15) is 0 Å². The summed E-state index contributed by atoms with van der Waals surface area (Å²) in [7, 11) is 0. The van der Waals surface area contributed by atoms with Gasteiger partial charge in [-0.2, -0.15) is 0 Å². The molecule has 74 valence electrons. The van der Waals surface area contributed by atoms with Gasteiger partial charge in [0.25, 0.3) is 0 Å². The Balaban J connectivity index is 3.06. The van der Waals surface area contributed by atoms with Crippen molar-refractivity contribution in [3.05, 3.63) is 0 Å². The highest BCUT2D eigenvalue weighted by Crippen LogP contribution is 2.08. The van der Waals surface area contributed by atoms with Crippen molar-refractivity contribution in [2.45, 2.75) is 64.8 Å². The van der Waals surface area contributed by atoms with E-state index in [-0.39, 0.29) is 0 Å². The molecular weight excluding hydrogens is 150 g/mol. The minimum atomic E-state index is 0.312. The summed E-state index contributed by atoms with van der Waals surface area (Å²) in [5.41, 5.74) is 2.34. The highest BCUT2D eigenvalue weighted by atomic mass is 16.5. The fourth-order valence-corrected chi connectivity index (χ4v) is 1.35. The fraction of sp³-hybridized carbons (Fsp3) is 1.00.